The molecule has 0 spiro atoms. The molecule has 1 unspecified atom stereocenters. The number of benzene rings is 2. The Hall–Kier alpha value is -3.42. The predicted molar refractivity (Wildman–Crippen MR) is 97.2 cm³/mol. The predicted octanol–water partition coefficient (Wildman–Crippen LogP) is 2.16. The molecule has 0 radical (unpaired) electrons. The molecule has 1 aliphatic rings. The highest BCUT2D eigenvalue weighted by Gasteiger charge is 2.26. The molecule has 0 aromatic heterocycles. The fourth-order valence-electron chi connectivity index (χ4n) is 2.73. The zero-order valence-electron chi connectivity index (χ0n) is 14.5. The molecule has 2 aromatic rings. The summed E-state index contributed by atoms with van der Waals surface area (Å²) >= 11 is 0. The lowest BCUT2D eigenvalue weighted by Gasteiger charge is -2.27. The van der Waals surface area contributed by atoms with Crippen molar-refractivity contribution >= 4 is 29.2 Å². The molecule has 0 aliphatic carbocycles. The van der Waals surface area contributed by atoms with Gasteiger partial charge in [-0.15, -0.1) is 0 Å². The van der Waals surface area contributed by atoms with E-state index in [0.717, 1.165) is 0 Å². The molecule has 1 aliphatic heterocycles. The summed E-state index contributed by atoms with van der Waals surface area (Å²) in [6.07, 6.45) is 0.334. The van der Waals surface area contributed by atoms with Crippen molar-refractivity contribution in [2.75, 3.05) is 24.3 Å². The number of methoxy groups -OCH3 is 1. The third kappa shape index (κ3) is 4.22. The summed E-state index contributed by atoms with van der Waals surface area (Å²) in [6.45, 7) is 0.243. The number of carbonyl (C=O) groups excluding carboxylic acids is 3. The van der Waals surface area contributed by atoms with Gasteiger partial charge in [0.25, 0.3) is 5.91 Å². The van der Waals surface area contributed by atoms with E-state index in [-0.39, 0.29) is 18.4 Å². The Morgan fingerprint density at radius 3 is 2.52 bits per heavy atom. The van der Waals surface area contributed by atoms with Gasteiger partial charge in [-0.25, -0.2) is 9.18 Å². The minimum atomic E-state index is -0.570. The van der Waals surface area contributed by atoms with E-state index in [9.17, 15) is 18.8 Å². The number of hydrogen-bond donors (Lipinski definition) is 3. The molecule has 0 saturated heterocycles. The Balaban J connectivity index is 1.60. The van der Waals surface area contributed by atoms with Crippen molar-refractivity contribution in [3.8, 4) is 0 Å². The largest absolute Gasteiger partial charge is 0.465 e. The summed E-state index contributed by atoms with van der Waals surface area (Å²) < 4.78 is 17.6. The van der Waals surface area contributed by atoms with Gasteiger partial charge < -0.3 is 20.7 Å². The van der Waals surface area contributed by atoms with Crippen LogP contribution in [0.15, 0.2) is 42.5 Å². The maximum absolute atomic E-state index is 12.9. The number of halogens is 1. The first-order valence-electron chi connectivity index (χ1n) is 8.31. The fraction of sp³-hybridized carbons (Fsp3) is 0.211. The molecule has 140 valence electrons. The van der Waals surface area contributed by atoms with Gasteiger partial charge in [-0.2, -0.15) is 0 Å². The van der Waals surface area contributed by atoms with E-state index < -0.39 is 17.8 Å². The topological polar surface area (TPSA) is 96.5 Å². The lowest BCUT2D eigenvalue weighted by Crippen LogP contribution is -2.41. The lowest BCUT2D eigenvalue weighted by molar-refractivity contribution is -0.117. The highest BCUT2D eigenvalue weighted by molar-refractivity contribution is 6.04. The number of ether oxygens (including phenoxy) is 1. The average molecular weight is 371 g/mol. The molecule has 27 heavy (non-hydrogen) atoms. The number of esters is 1. The van der Waals surface area contributed by atoms with Crippen molar-refractivity contribution < 1.29 is 23.5 Å². The molecule has 2 amide bonds. The van der Waals surface area contributed by atoms with Gasteiger partial charge in [-0.05, 0) is 48.9 Å². The molecule has 7 nitrogen and oxygen atoms in total. The Kier molecular flexibility index (Phi) is 5.35. The van der Waals surface area contributed by atoms with Gasteiger partial charge in [-0.1, -0.05) is 0 Å². The Bertz CT molecular complexity index is 883. The van der Waals surface area contributed by atoms with Crippen LogP contribution in [0.2, 0.25) is 0 Å². The minimum Gasteiger partial charge on any atom is -0.465 e. The monoisotopic (exact) mass is 371 g/mol. The van der Waals surface area contributed by atoms with Gasteiger partial charge >= 0.3 is 5.97 Å². The SMILES string of the molecule is COC(=O)c1ccc2c(c1)NC(CCNC(=O)c1ccc(F)cc1)C(=O)N2. The number of fused-ring (bicyclic) bond motifs is 1. The van der Waals surface area contributed by atoms with Crippen LogP contribution in [0.25, 0.3) is 0 Å². The number of hydrogen-bond acceptors (Lipinski definition) is 5. The van der Waals surface area contributed by atoms with Crippen LogP contribution in [0.4, 0.5) is 15.8 Å². The summed E-state index contributed by atoms with van der Waals surface area (Å²) in [6, 6.07) is 9.42. The van der Waals surface area contributed by atoms with Gasteiger partial charge in [0.05, 0.1) is 24.0 Å². The van der Waals surface area contributed by atoms with Crippen LogP contribution in [-0.2, 0) is 9.53 Å². The first-order valence-corrected chi connectivity index (χ1v) is 8.31. The maximum Gasteiger partial charge on any atom is 0.337 e. The summed E-state index contributed by atoms with van der Waals surface area (Å²) in [5.41, 5.74) is 1.88. The van der Waals surface area contributed by atoms with Crippen LogP contribution < -0.4 is 16.0 Å². The van der Waals surface area contributed by atoms with Crippen molar-refractivity contribution in [2.24, 2.45) is 0 Å². The smallest absolute Gasteiger partial charge is 0.337 e. The average Bonchev–Trinajstić information content (AvgIpc) is 2.67. The normalized spacial score (nSPS) is 15.2. The third-order valence-corrected chi connectivity index (χ3v) is 4.17. The van der Waals surface area contributed by atoms with E-state index in [1.807, 2.05) is 0 Å². The Labute approximate surface area is 154 Å². The van der Waals surface area contributed by atoms with E-state index in [4.69, 9.17) is 4.74 Å². The second-order valence-corrected chi connectivity index (χ2v) is 5.99. The Morgan fingerprint density at radius 1 is 1.11 bits per heavy atom. The van der Waals surface area contributed by atoms with Crippen LogP contribution in [0.3, 0.4) is 0 Å². The van der Waals surface area contributed by atoms with E-state index in [1.165, 1.54) is 31.4 Å². The molecule has 1 heterocycles. The molecule has 2 aromatic carbocycles. The highest BCUT2D eigenvalue weighted by Crippen LogP contribution is 2.28. The van der Waals surface area contributed by atoms with Gasteiger partial charge in [-0.3, -0.25) is 9.59 Å². The number of anilines is 2. The highest BCUT2D eigenvalue weighted by atomic mass is 19.1. The zero-order valence-corrected chi connectivity index (χ0v) is 14.5. The van der Waals surface area contributed by atoms with Crippen molar-refractivity contribution in [3.05, 3.63) is 59.4 Å². The fourth-order valence-corrected chi connectivity index (χ4v) is 2.73. The van der Waals surface area contributed by atoms with Crippen LogP contribution in [-0.4, -0.2) is 37.5 Å². The Morgan fingerprint density at radius 2 is 1.81 bits per heavy atom. The van der Waals surface area contributed by atoms with Crippen LogP contribution >= 0.6 is 0 Å². The third-order valence-electron chi connectivity index (χ3n) is 4.17. The number of rotatable bonds is 5. The molecule has 3 N–H and O–H groups in total. The minimum absolute atomic E-state index is 0.232. The molecular formula is C19H18FN3O4. The first-order chi connectivity index (χ1) is 13.0. The summed E-state index contributed by atoms with van der Waals surface area (Å²) in [5.74, 6) is -1.47. The van der Waals surface area contributed by atoms with Crippen molar-refractivity contribution in [1.29, 1.82) is 0 Å². The molecule has 1 atom stereocenters. The van der Waals surface area contributed by atoms with Crippen LogP contribution in [0, 0.1) is 5.82 Å². The lowest BCUT2D eigenvalue weighted by atomic mass is 10.1. The number of nitrogens with one attached hydrogen (secondary N) is 3. The standard InChI is InChI=1S/C19H18FN3O4/c1-27-19(26)12-4-7-14-16(10-12)22-15(18(25)23-14)8-9-21-17(24)11-2-5-13(20)6-3-11/h2-7,10,15,22H,8-9H2,1H3,(H,21,24)(H,23,25). The van der Waals surface area contributed by atoms with Gasteiger partial charge in [0.1, 0.15) is 11.9 Å². The van der Waals surface area contributed by atoms with Crippen LogP contribution in [0.5, 0.6) is 0 Å². The maximum atomic E-state index is 12.9. The van der Waals surface area contributed by atoms with Crippen molar-refractivity contribution in [2.45, 2.75) is 12.5 Å². The molecule has 8 heteroatoms. The summed E-state index contributed by atoms with van der Waals surface area (Å²) in [4.78, 5) is 35.9. The molecular weight excluding hydrogens is 353 g/mol. The zero-order chi connectivity index (χ0) is 19.4. The van der Waals surface area contributed by atoms with Gasteiger partial charge in [0.2, 0.25) is 5.91 Å². The van der Waals surface area contributed by atoms with Gasteiger partial charge in [0.15, 0.2) is 0 Å². The number of amides is 2. The summed E-state index contributed by atoms with van der Waals surface area (Å²) in [5, 5.41) is 8.52. The van der Waals surface area contributed by atoms with E-state index in [2.05, 4.69) is 16.0 Å². The first kappa shape index (κ1) is 18.4. The van der Waals surface area contributed by atoms with E-state index >= 15 is 0 Å². The van der Waals surface area contributed by atoms with Crippen molar-refractivity contribution in [1.82, 2.24) is 5.32 Å². The second-order valence-electron chi connectivity index (χ2n) is 5.99. The summed E-state index contributed by atoms with van der Waals surface area (Å²) in [7, 11) is 1.30. The molecule has 0 saturated carbocycles. The van der Waals surface area contributed by atoms with Crippen molar-refractivity contribution in [3.63, 3.8) is 0 Å². The number of carbonyl (C=O) groups is 3. The molecule has 0 fully saturated rings. The van der Waals surface area contributed by atoms with E-state index in [0.29, 0.717) is 28.9 Å². The quantitative estimate of drug-likeness (QED) is 0.700. The van der Waals surface area contributed by atoms with Crippen LogP contribution in [0.1, 0.15) is 27.1 Å². The van der Waals surface area contributed by atoms with Gasteiger partial charge in [0, 0.05) is 12.1 Å². The molecule has 0 bridgehead atoms. The van der Waals surface area contributed by atoms with E-state index in [1.54, 1.807) is 18.2 Å². The molecule has 3 rings (SSSR count). The second kappa shape index (κ2) is 7.86.